The molecule has 0 heterocycles. The number of nitrogens with two attached hydrogens (primary N) is 1. The molecule has 4 heteroatoms. The highest BCUT2D eigenvalue weighted by atomic mass is 16.5. The van der Waals surface area contributed by atoms with Crippen molar-refractivity contribution in [1.29, 1.82) is 0 Å². The molecule has 0 bridgehead atoms. The van der Waals surface area contributed by atoms with Gasteiger partial charge in [-0.2, -0.15) is 0 Å². The van der Waals surface area contributed by atoms with Gasteiger partial charge in [-0.25, -0.2) is 0 Å². The van der Waals surface area contributed by atoms with E-state index < -0.39 is 5.41 Å². The van der Waals surface area contributed by atoms with Crippen LogP contribution in [0.5, 0.6) is 5.75 Å². The molecule has 0 saturated carbocycles. The van der Waals surface area contributed by atoms with E-state index in [2.05, 4.69) is 0 Å². The van der Waals surface area contributed by atoms with Crippen LogP contribution in [0.25, 0.3) is 0 Å². The second kappa shape index (κ2) is 5.08. The predicted octanol–water partition coefficient (Wildman–Crippen LogP) is 2.16. The van der Waals surface area contributed by atoms with E-state index in [0.29, 0.717) is 11.4 Å². The number of rotatable bonds is 4. The van der Waals surface area contributed by atoms with Crippen LogP contribution >= 0.6 is 0 Å². The first-order chi connectivity index (χ1) is 7.88. The Bertz CT molecular complexity index is 413. The molecule has 94 valence electrons. The van der Waals surface area contributed by atoms with Crippen molar-refractivity contribution in [3.63, 3.8) is 0 Å². The van der Waals surface area contributed by atoms with Gasteiger partial charge in [0.05, 0.1) is 18.2 Å². The van der Waals surface area contributed by atoms with Crippen LogP contribution in [-0.2, 0) is 9.53 Å². The lowest BCUT2D eigenvalue weighted by Gasteiger charge is -2.22. The van der Waals surface area contributed by atoms with E-state index in [9.17, 15) is 4.79 Å². The summed E-state index contributed by atoms with van der Waals surface area (Å²) in [5, 5.41) is 0. The van der Waals surface area contributed by atoms with E-state index in [-0.39, 0.29) is 12.6 Å². The van der Waals surface area contributed by atoms with Crippen molar-refractivity contribution >= 4 is 11.7 Å². The molecule has 0 aliphatic rings. The summed E-state index contributed by atoms with van der Waals surface area (Å²) < 4.78 is 10.3. The summed E-state index contributed by atoms with van der Waals surface area (Å²) in [7, 11) is 1.37. The van der Waals surface area contributed by atoms with E-state index in [1.807, 2.05) is 19.1 Å². The second-order valence-electron chi connectivity index (χ2n) is 4.65. The van der Waals surface area contributed by atoms with Crippen LogP contribution in [0, 0.1) is 12.3 Å². The van der Waals surface area contributed by atoms with Gasteiger partial charge in [0.1, 0.15) is 12.4 Å². The van der Waals surface area contributed by atoms with Crippen LogP contribution in [-0.4, -0.2) is 19.7 Å². The molecule has 0 atom stereocenters. The standard InChI is InChI=1S/C13H19NO3/c1-9-6-5-7-10(11(9)14)17-8-13(2,3)12(15)16-4/h5-7H,8,14H2,1-4H3. The van der Waals surface area contributed by atoms with Crippen LogP contribution in [0.2, 0.25) is 0 Å². The molecule has 17 heavy (non-hydrogen) atoms. The number of methoxy groups -OCH3 is 1. The SMILES string of the molecule is COC(=O)C(C)(C)COc1cccc(C)c1N. The van der Waals surface area contributed by atoms with Crippen LogP contribution in [0.15, 0.2) is 18.2 Å². The fraction of sp³-hybridized carbons (Fsp3) is 0.462. The van der Waals surface area contributed by atoms with Gasteiger partial charge in [-0.05, 0) is 32.4 Å². The van der Waals surface area contributed by atoms with E-state index in [0.717, 1.165) is 5.56 Å². The molecule has 0 aliphatic carbocycles. The Kier molecular flexibility index (Phi) is 3.99. The summed E-state index contributed by atoms with van der Waals surface area (Å²) in [6.07, 6.45) is 0. The Morgan fingerprint density at radius 2 is 2.06 bits per heavy atom. The summed E-state index contributed by atoms with van der Waals surface area (Å²) in [6, 6.07) is 5.56. The number of ether oxygens (including phenoxy) is 2. The number of carbonyl (C=O) groups excluding carboxylic acids is 1. The van der Waals surface area contributed by atoms with Gasteiger partial charge in [0, 0.05) is 0 Å². The van der Waals surface area contributed by atoms with Crippen molar-refractivity contribution in [2.45, 2.75) is 20.8 Å². The van der Waals surface area contributed by atoms with Crippen LogP contribution in [0.3, 0.4) is 0 Å². The Balaban J connectivity index is 2.74. The molecule has 1 aromatic rings. The van der Waals surface area contributed by atoms with Crippen LogP contribution in [0.1, 0.15) is 19.4 Å². The number of hydrogen-bond donors (Lipinski definition) is 1. The lowest BCUT2D eigenvalue weighted by atomic mass is 9.95. The first kappa shape index (κ1) is 13.4. The second-order valence-corrected chi connectivity index (χ2v) is 4.65. The maximum atomic E-state index is 11.5. The molecule has 2 N–H and O–H groups in total. The molecule has 0 saturated heterocycles. The van der Waals surface area contributed by atoms with Crippen molar-refractivity contribution in [1.82, 2.24) is 0 Å². The summed E-state index contributed by atoms with van der Waals surface area (Å²) in [5.41, 5.74) is 6.75. The molecule has 1 aromatic carbocycles. The van der Waals surface area contributed by atoms with Gasteiger partial charge in [0.15, 0.2) is 0 Å². The third-order valence-corrected chi connectivity index (χ3v) is 2.61. The number of aryl methyl sites for hydroxylation is 1. The van der Waals surface area contributed by atoms with Crippen molar-refractivity contribution in [2.75, 3.05) is 19.5 Å². The number of carbonyl (C=O) groups is 1. The average Bonchev–Trinajstić information content (AvgIpc) is 2.30. The summed E-state index contributed by atoms with van der Waals surface area (Å²) in [4.78, 5) is 11.5. The number of anilines is 1. The Morgan fingerprint density at radius 3 is 2.65 bits per heavy atom. The summed E-state index contributed by atoms with van der Waals surface area (Å²) in [6.45, 7) is 5.68. The van der Waals surface area contributed by atoms with Gasteiger partial charge in [0.2, 0.25) is 0 Å². The Morgan fingerprint density at radius 1 is 1.41 bits per heavy atom. The van der Waals surface area contributed by atoms with Gasteiger partial charge in [0.25, 0.3) is 0 Å². The Labute approximate surface area is 102 Å². The summed E-state index contributed by atoms with van der Waals surface area (Å²) in [5.74, 6) is 0.297. The fourth-order valence-corrected chi connectivity index (χ4v) is 1.37. The molecule has 0 unspecified atom stereocenters. The van der Waals surface area contributed by atoms with Crippen molar-refractivity contribution < 1.29 is 14.3 Å². The zero-order valence-corrected chi connectivity index (χ0v) is 10.7. The van der Waals surface area contributed by atoms with Gasteiger partial charge >= 0.3 is 5.97 Å². The average molecular weight is 237 g/mol. The lowest BCUT2D eigenvalue weighted by Crippen LogP contribution is -2.32. The van der Waals surface area contributed by atoms with E-state index in [1.165, 1.54) is 7.11 Å². The van der Waals surface area contributed by atoms with Gasteiger partial charge in [-0.1, -0.05) is 12.1 Å². The Hall–Kier alpha value is -1.71. The first-order valence-corrected chi connectivity index (χ1v) is 5.45. The highest BCUT2D eigenvalue weighted by Gasteiger charge is 2.29. The van der Waals surface area contributed by atoms with E-state index >= 15 is 0 Å². The zero-order valence-electron chi connectivity index (χ0n) is 10.7. The smallest absolute Gasteiger partial charge is 0.314 e. The lowest BCUT2D eigenvalue weighted by molar-refractivity contribution is -0.152. The molecule has 0 radical (unpaired) electrons. The molecule has 0 aliphatic heterocycles. The van der Waals surface area contributed by atoms with Gasteiger partial charge in [-0.15, -0.1) is 0 Å². The van der Waals surface area contributed by atoms with Crippen LogP contribution < -0.4 is 10.5 Å². The minimum atomic E-state index is -0.690. The first-order valence-electron chi connectivity index (χ1n) is 5.45. The predicted molar refractivity (Wildman–Crippen MR) is 66.9 cm³/mol. The molecule has 0 aromatic heterocycles. The van der Waals surface area contributed by atoms with Crippen molar-refractivity contribution in [3.05, 3.63) is 23.8 Å². The number of benzene rings is 1. The number of hydrogen-bond acceptors (Lipinski definition) is 4. The quantitative estimate of drug-likeness (QED) is 0.644. The number of para-hydroxylation sites is 1. The molecule has 1 rings (SSSR count). The molecule has 0 spiro atoms. The van der Waals surface area contributed by atoms with Crippen molar-refractivity contribution in [2.24, 2.45) is 5.41 Å². The molecular formula is C13H19NO3. The monoisotopic (exact) mass is 237 g/mol. The number of esters is 1. The largest absolute Gasteiger partial charge is 0.490 e. The molecule has 4 nitrogen and oxygen atoms in total. The van der Waals surface area contributed by atoms with Gasteiger partial charge in [-0.3, -0.25) is 4.79 Å². The van der Waals surface area contributed by atoms with E-state index in [4.69, 9.17) is 15.2 Å². The molecule has 0 fully saturated rings. The van der Waals surface area contributed by atoms with Crippen LogP contribution in [0.4, 0.5) is 5.69 Å². The third kappa shape index (κ3) is 3.12. The van der Waals surface area contributed by atoms with Crippen molar-refractivity contribution in [3.8, 4) is 5.75 Å². The number of nitrogen functional groups attached to an aromatic ring is 1. The molecule has 0 amide bonds. The minimum Gasteiger partial charge on any atom is -0.490 e. The molecular weight excluding hydrogens is 218 g/mol. The third-order valence-electron chi connectivity index (χ3n) is 2.61. The normalized spacial score (nSPS) is 11.1. The topological polar surface area (TPSA) is 61.5 Å². The highest BCUT2D eigenvalue weighted by Crippen LogP contribution is 2.27. The fourth-order valence-electron chi connectivity index (χ4n) is 1.37. The van der Waals surface area contributed by atoms with E-state index in [1.54, 1.807) is 19.9 Å². The maximum Gasteiger partial charge on any atom is 0.314 e. The maximum absolute atomic E-state index is 11.5. The van der Waals surface area contributed by atoms with Gasteiger partial charge < -0.3 is 15.2 Å². The minimum absolute atomic E-state index is 0.229. The highest BCUT2D eigenvalue weighted by molar-refractivity contribution is 5.76. The zero-order chi connectivity index (χ0) is 13.1. The summed E-state index contributed by atoms with van der Waals surface area (Å²) >= 11 is 0.